The van der Waals surface area contributed by atoms with Crippen LogP contribution in [-0.4, -0.2) is 49.8 Å². The Bertz CT molecular complexity index is 490. The molecule has 1 fully saturated rings. The number of benzene rings is 1. The van der Waals surface area contributed by atoms with Crippen LogP contribution in [0.1, 0.15) is 22.8 Å². The highest BCUT2D eigenvalue weighted by Gasteiger charge is 2.29. The lowest BCUT2D eigenvalue weighted by atomic mass is 10.1. The van der Waals surface area contributed by atoms with Crippen molar-refractivity contribution in [3.05, 3.63) is 29.3 Å². The maximum absolute atomic E-state index is 12.7. The molecule has 1 aliphatic heterocycles. The minimum Gasteiger partial charge on any atom is -0.496 e. The lowest BCUT2D eigenvalue weighted by Crippen LogP contribution is -2.51. The fourth-order valence-electron chi connectivity index (χ4n) is 2.50. The maximum Gasteiger partial charge on any atom is 0.257 e. The van der Waals surface area contributed by atoms with Crippen molar-refractivity contribution in [2.45, 2.75) is 26.1 Å². The second-order valence-corrected chi connectivity index (χ2v) is 5.22. The Morgan fingerprint density at radius 3 is 2.90 bits per heavy atom. The van der Waals surface area contributed by atoms with Gasteiger partial charge in [-0.05, 0) is 26.0 Å². The van der Waals surface area contributed by atoms with Crippen molar-refractivity contribution in [1.29, 1.82) is 0 Å². The third-order valence-corrected chi connectivity index (χ3v) is 3.46. The van der Waals surface area contributed by atoms with Gasteiger partial charge in [-0.25, -0.2) is 0 Å². The van der Waals surface area contributed by atoms with E-state index in [1.54, 1.807) is 12.0 Å². The fourth-order valence-corrected chi connectivity index (χ4v) is 2.50. The van der Waals surface area contributed by atoms with E-state index in [0.29, 0.717) is 30.9 Å². The van der Waals surface area contributed by atoms with E-state index in [-0.39, 0.29) is 18.1 Å². The normalized spacial score (nSPS) is 22.7. The van der Waals surface area contributed by atoms with E-state index >= 15 is 0 Å². The van der Waals surface area contributed by atoms with Gasteiger partial charge in [0.2, 0.25) is 0 Å². The van der Waals surface area contributed by atoms with E-state index in [1.807, 2.05) is 32.0 Å². The van der Waals surface area contributed by atoms with Crippen LogP contribution in [0, 0.1) is 6.92 Å². The summed E-state index contributed by atoms with van der Waals surface area (Å²) >= 11 is 0. The van der Waals surface area contributed by atoms with Gasteiger partial charge in [-0.1, -0.05) is 11.6 Å². The van der Waals surface area contributed by atoms with Crippen molar-refractivity contribution in [2.24, 2.45) is 5.73 Å². The number of methoxy groups -OCH3 is 1. The molecule has 0 spiro atoms. The van der Waals surface area contributed by atoms with Crippen molar-refractivity contribution in [3.63, 3.8) is 0 Å². The van der Waals surface area contributed by atoms with E-state index < -0.39 is 0 Å². The second-order valence-electron chi connectivity index (χ2n) is 5.22. The van der Waals surface area contributed by atoms with Gasteiger partial charge < -0.3 is 20.1 Å². The predicted molar refractivity (Wildman–Crippen MR) is 77.0 cm³/mol. The molecular formula is C15H22N2O3. The minimum atomic E-state index is -0.0986. The summed E-state index contributed by atoms with van der Waals surface area (Å²) in [4.78, 5) is 14.5. The highest BCUT2D eigenvalue weighted by molar-refractivity contribution is 5.97. The Kier molecular flexibility index (Phi) is 4.62. The topological polar surface area (TPSA) is 64.8 Å². The van der Waals surface area contributed by atoms with Crippen molar-refractivity contribution in [1.82, 2.24) is 4.90 Å². The first kappa shape index (κ1) is 14.8. The molecule has 0 bridgehead atoms. The molecule has 1 aliphatic rings. The number of aryl methyl sites for hydroxylation is 1. The molecule has 5 nitrogen and oxygen atoms in total. The number of carbonyl (C=O) groups excluding carboxylic acids is 1. The smallest absolute Gasteiger partial charge is 0.257 e. The van der Waals surface area contributed by atoms with Crippen LogP contribution in [0.5, 0.6) is 5.75 Å². The molecule has 0 saturated carbocycles. The van der Waals surface area contributed by atoms with E-state index in [4.69, 9.17) is 15.2 Å². The van der Waals surface area contributed by atoms with E-state index in [2.05, 4.69) is 0 Å². The van der Waals surface area contributed by atoms with Crippen LogP contribution < -0.4 is 10.5 Å². The zero-order valence-electron chi connectivity index (χ0n) is 12.3. The summed E-state index contributed by atoms with van der Waals surface area (Å²) in [6, 6.07) is 5.62. The molecular weight excluding hydrogens is 256 g/mol. The van der Waals surface area contributed by atoms with Crippen LogP contribution in [0.15, 0.2) is 18.2 Å². The number of ether oxygens (including phenoxy) is 2. The van der Waals surface area contributed by atoms with Gasteiger partial charge in [-0.15, -0.1) is 0 Å². The number of hydrogen-bond acceptors (Lipinski definition) is 4. The third kappa shape index (κ3) is 3.11. The van der Waals surface area contributed by atoms with Crippen LogP contribution in [0.3, 0.4) is 0 Å². The van der Waals surface area contributed by atoms with E-state index in [9.17, 15) is 4.79 Å². The van der Waals surface area contributed by atoms with Crippen LogP contribution in [0.25, 0.3) is 0 Å². The van der Waals surface area contributed by atoms with Crippen LogP contribution in [0.4, 0.5) is 0 Å². The van der Waals surface area contributed by atoms with Gasteiger partial charge in [0.1, 0.15) is 5.75 Å². The highest BCUT2D eigenvalue weighted by atomic mass is 16.5. The molecule has 0 aromatic heterocycles. The highest BCUT2D eigenvalue weighted by Crippen LogP contribution is 2.23. The Morgan fingerprint density at radius 2 is 2.25 bits per heavy atom. The lowest BCUT2D eigenvalue weighted by Gasteiger charge is -2.36. The first-order valence-electron chi connectivity index (χ1n) is 6.84. The molecule has 2 N–H and O–H groups in total. The molecule has 5 heteroatoms. The van der Waals surface area contributed by atoms with Crippen molar-refractivity contribution in [2.75, 3.05) is 26.7 Å². The Labute approximate surface area is 119 Å². The molecule has 1 aromatic carbocycles. The van der Waals surface area contributed by atoms with E-state index in [0.717, 1.165) is 5.56 Å². The maximum atomic E-state index is 12.7. The van der Waals surface area contributed by atoms with E-state index in [1.165, 1.54) is 0 Å². The Balaban J connectivity index is 2.24. The molecule has 1 amide bonds. The summed E-state index contributed by atoms with van der Waals surface area (Å²) in [5.74, 6) is 0.572. The summed E-state index contributed by atoms with van der Waals surface area (Å²) in [7, 11) is 1.58. The lowest BCUT2D eigenvalue weighted by molar-refractivity contribution is -0.0626. The number of nitrogens with two attached hydrogens (primary N) is 1. The van der Waals surface area contributed by atoms with Crippen LogP contribution in [-0.2, 0) is 4.74 Å². The van der Waals surface area contributed by atoms with Crippen molar-refractivity contribution < 1.29 is 14.3 Å². The molecule has 0 aliphatic carbocycles. The summed E-state index contributed by atoms with van der Waals surface area (Å²) in [6.45, 7) is 5.43. The zero-order chi connectivity index (χ0) is 14.7. The van der Waals surface area contributed by atoms with Crippen molar-refractivity contribution >= 4 is 5.91 Å². The Hall–Kier alpha value is -1.59. The number of carbonyl (C=O) groups is 1. The fraction of sp³-hybridized carbons (Fsp3) is 0.533. The van der Waals surface area contributed by atoms with Gasteiger partial charge in [0, 0.05) is 19.6 Å². The molecule has 20 heavy (non-hydrogen) atoms. The molecule has 2 atom stereocenters. The van der Waals surface area contributed by atoms with Crippen LogP contribution >= 0.6 is 0 Å². The van der Waals surface area contributed by atoms with Crippen LogP contribution in [0.2, 0.25) is 0 Å². The number of hydrogen-bond donors (Lipinski definition) is 1. The predicted octanol–water partition coefficient (Wildman–Crippen LogP) is 1.19. The zero-order valence-corrected chi connectivity index (χ0v) is 12.3. The molecule has 2 unspecified atom stereocenters. The van der Waals surface area contributed by atoms with Gasteiger partial charge in [0.15, 0.2) is 0 Å². The van der Waals surface area contributed by atoms with Gasteiger partial charge in [0.25, 0.3) is 5.91 Å². The van der Waals surface area contributed by atoms with Gasteiger partial charge in [0.05, 0.1) is 24.9 Å². The molecule has 1 heterocycles. The van der Waals surface area contributed by atoms with Crippen molar-refractivity contribution in [3.8, 4) is 5.75 Å². The summed E-state index contributed by atoms with van der Waals surface area (Å²) in [6.07, 6.45) is -0.101. The standard InChI is InChI=1S/C15H22N2O3/c1-10-4-5-14(19-3)13(6-10)15(18)17-8-11(2)20-12(7-16)9-17/h4-6,11-12H,7-9,16H2,1-3H3. The molecule has 0 radical (unpaired) electrons. The van der Waals surface area contributed by atoms with Gasteiger partial charge in [-0.2, -0.15) is 0 Å². The van der Waals surface area contributed by atoms with Gasteiger partial charge in [-0.3, -0.25) is 4.79 Å². The first-order chi connectivity index (χ1) is 9.55. The Morgan fingerprint density at radius 1 is 1.50 bits per heavy atom. The average molecular weight is 278 g/mol. The molecule has 1 saturated heterocycles. The third-order valence-electron chi connectivity index (χ3n) is 3.46. The first-order valence-corrected chi connectivity index (χ1v) is 6.84. The minimum absolute atomic E-state index is 0.00273. The number of nitrogens with zero attached hydrogens (tertiary/aromatic N) is 1. The molecule has 110 valence electrons. The number of amides is 1. The molecule has 1 aromatic rings. The average Bonchev–Trinajstić information content (AvgIpc) is 2.45. The number of rotatable bonds is 3. The largest absolute Gasteiger partial charge is 0.496 e. The summed E-state index contributed by atoms with van der Waals surface area (Å²) in [5.41, 5.74) is 7.29. The quantitative estimate of drug-likeness (QED) is 0.902. The van der Waals surface area contributed by atoms with Gasteiger partial charge >= 0.3 is 0 Å². The summed E-state index contributed by atoms with van der Waals surface area (Å²) in [5, 5.41) is 0. The number of morpholine rings is 1. The summed E-state index contributed by atoms with van der Waals surface area (Å²) < 4.78 is 11.0. The molecule has 2 rings (SSSR count). The SMILES string of the molecule is COc1ccc(C)cc1C(=O)N1CC(C)OC(CN)C1. The second kappa shape index (κ2) is 6.24. The monoisotopic (exact) mass is 278 g/mol.